The largest absolute Gasteiger partial charge is 0.298 e. The maximum atomic E-state index is 12.0. The summed E-state index contributed by atoms with van der Waals surface area (Å²) < 4.78 is 0. The maximum Gasteiger partial charge on any atom is 0.150 e. The fraction of sp³-hybridized carbons (Fsp3) is 0.923. The van der Waals surface area contributed by atoms with Crippen LogP contribution in [0.2, 0.25) is 0 Å². The molecule has 2 bridgehead atoms. The molecule has 0 aromatic heterocycles. The molecule has 0 aromatic carbocycles. The van der Waals surface area contributed by atoms with Gasteiger partial charge >= 0.3 is 0 Å². The first-order valence-electron chi connectivity index (χ1n) is 6.47. The zero-order chi connectivity index (χ0) is 10.9. The Bertz CT molecular complexity index is 243. The van der Waals surface area contributed by atoms with Crippen LogP contribution in [0.3, 0.4) is 0 Å². The molecule has 0 N–H and O–H groups in total. The molecule has 0 saturated carbocycles. The van der Waals surface area contributed by atoms with Gasteiger partial charge in [-0.15, -0.1) is 0 Å². The summed E-state index contributed by atoms with van der Waals surface area (Å²) in [5.74, 6) is 0.914. The quantitative estimate of drug-likeness (QED) is 0.709. The normalized spacial score (nSPS) is 33.3. The van der Waals surface area contributed by atoms with Crippen molar-refractivity contribution >= 4 is 5.78 Å². The highest BCUT2D eigenvalue weighted by Gasteiger charge is 2.49. The number of carbonyl (C=O) groups excluding carboxylic acids is 1. The molecule has 15 heavy (non-hydrogen) atoms. The van der Waals surface area contributed by atoms with E-state index in [2.05, 4.69) is 18.7 Å². The van der Waals surface area contributed by atoms with E-state index in [4.69, 9.17) is 0 Å². The third-order valence-corrected chi connectivity index (χ3v) is 4.28. The molecule has 2 atom stereocenters. The van der Waals surface area contributed by atoms with Crippen LogP contribution in [-0.2, 0) is 4.79 Å². The van der Waals surface area contributed by atoms with Crippen LogP contribution in [0.5, 0.6) is 0 Å². The van der Waals surface area contributed by atoms with Gasteiger partial charge in [0.05, 0.1) is 6.54 Å². The van der Waals surface area contributed by atoms with E-state index in [1.54, 1.807) is 0 Å². The van der Waals surface area contributed by atoms with Crippen molar-refractivity contribution in [2.24, 2.45) is 11.3 Å². The number of fused-ring (bicyclic) bond motifs is 3. The summed E-state index contributed by atoms with van der Waals surface area (Å²) >= 11 is 0. The van der Waals surface area contributed by atoms with Gasteiger partial charge in [-0.3, -0.25) is 9.69 Å². The van der Waals surface area contributed by atoms with E-state index in [1.165, 1.54) is 32.2 Å². The van der Waals surface area contributed by atoms with Gasteiger partial charge < -0.3 is 0 Å². The molecule has 0 spiro atoms. The number of carbonyl (C=O) groups is 1. The van der Waals surface area contributed by atoms with Gasteiger partial charge in [0, 0.05) is 12.5 Å². The molecule has 2 heteroatoms. The number of ketones is 1. The second kappa shape index (κ2) is 4.25. The smallest absolute Gasteiger partial charge is 0.150 e. The minimum Gasteiger partial charge on any atom is -0.298 e. The lowest BCUT2D eigenvalue weighted by atomic mass is 9.62. The minimum atomic E-state index is 0.344. The zero-order valence-electron chi connectivity index (χ0n) is 10.1. The van der Waals surface area contributed by atoms with Crippen molar-refractivity contribution in [1.82, 2.24) is 4.90 Å². The van der Waals surface area contributed by atoms with Crippen LogP contribution in [0.1, 0.15) is 46.0 Å². The summed E-state index contributed by atoms with van der Waals surface area (Å²) in [5, 5.41) is 0. The fourth-order valence-electron chi connectivity index (χ4n) is 3.85. The maximum absolute atomic E-state index is 12.0. The van der Waals surface area contributed by atoms with Gasteiger partial charge in [-0.05, 0) is 31.2 Å². The van der Waals surface area contributed by atoms with Gasteiger partial charge in [-0.25, -0.2) is 0 Å². The Labute approximate surface area is 93.0 Å². The van der Waals surface area contributed by atoms with Gasteiger partial charge in [0.2, 0.25) is 0 Å². The van der Waals surface area contributed by atoms with E-state index in [9.17, 15) is 4.79 Å². The molecule has 3 aliphatic rings. The van der Waals surface area contributed by atoms with Crippen molar-refractivity contribution in [2.75, 3.05) is 19.6 Å². The fourth-order valence-corrected chi connectivity index (χ4v) is 3.85. The standard InChI is InChI=1S/C13H23NO/c1-3-6-13(7-4-2)10-14-8-5-11(13)12(15)9-14/h11H,3-10H2,1-2H3. The summed E-state index contributed by atoms with van der Waals surface area (Å²) in [6, 6.07) is 0. The van der Waals surface area contributed by atoms with Crippen molar-refractivity contribution in [3.63, 3.8) is 0 Å². The Morgan fingerprint density at radius 3 is 2.47 bits per heavy atom. The van der Waals surface area contributed by atoms with Gasteiger partial charge in [-0.1, -0.05) is 26.7 Å². The summed E-state index contributed by atoms with van der Waals surface area (Å²) in [6.45, 7) is 7.58. The molecule has 0 radical (unpaired) electrons. The molecule has 3 rings (SSSR count). The highest BCUT2D eigenvalue weighted by atomic mass is 16.1. The summed E-state index contributed by atoms with van der Waals surface area (Å²) in [7, 11) is 0. The summed E-state index contributed by atoms with van der Waals surface area (Å²) in [6.07, 6.45) is 6.05. The predicted molar refractivity (Wildman–Crippen MR) is 61.8 cm³/mol. The molecular weight excluding hydrogens is 186 g/mol. The Balaban J connectivity index is 2.19. The van der Waals surface area contributed by atoms with Crippen LogP contribution in [0.15, 0.2) is 0 Å². The first kappa shape index (κ1) is 11.1. The topological polar surface area (TPSA) is 20.3 Å². The molecule has 0 aromatic rings. The van der Waals surface area contributed by atoms with Crippen LogP contribution in [-0.4, -0.2) is 30.3 Å². The molecule has 2 unspecified atom stereocenters. The van der Waals surface area contributed by atoms with Crippen molar-refractivity contribution < 1.29 is 4.79 Å². The van der Waals surface area contributed by atoms with Crippen molar-refractivity contribution in [2.45, 2.75) is 46.0 Å². The highest BCUT2D eigenvalue weighted by molar-refractivity contribution is 5.85. The Morgan fingerprint density at radius 1 is 1.33 bits per heavy atom. The van der Waals surface area contributed by atoms with Gasteiger partial charge in [-0.2, -0.15) is 0 Å². The van der Waals surface area contributed by atoms with Crippen LogP contribution in [0, 0.1) is 11.3 Å². The molecule has 86 valence electrons. The van der Waals surface area contributed by atoms with Gasteiger partial charge in [0.25, 0.3) is 0 Å². The number of nitrogens with zero attached hydrogens (tertiary/aromatic N) is 1. The van der Waals surface area contributed by atoms with Crippen molar-refractivity contribution in [3.05, 3.63) is 0 Å². The van der Waals surface area contributed by atoms with Crippen LogP contribution >= 0.6 is 0 Å². The summed E-state index contributed by atoms with van der Waals surface area (Å²) in [5.41, 5.74) is 0.344. The first-order valence-corrected chi connectivity index (χ1v) is 6.47. The van der Waals surface area contributed by atoms with E-state index in [0.717, 1.165) is 19.5 Å². The minimum absolute atomic E-state index is 0.344. The molecule has 3 heterocycles. The second-order valence-electron chi connectivity index (χ2n) is 5.38. The zero-order valence-corrected chi connectivity index (χ0v) is 10.1. The number of rotatable bonds is 4. The lowest BCUT2D eigenvalue weighted by Gasteiger charge is -2.52. The Hall–Kier alpha value is -0.370. The number of hydrogen-bond donors (Lipinski definition) is 0. The van der Waals surface area contributed by atoms with Crippen LogP contribution in [0.4, 0.5) is 0 Å². The molecule has 3 aliphatic heterocycles. The summed E-state index contributed by atoms with van der Waals surface area (Å²) in [4.78, 5) is 14.4. The van der Waals surface area contributed by atoms with E-state index in [-0.39, 0.29) is 0 Å². The first-order chi connectivity index (χ1) is 7.22. The van der Waals surface area contributed by atoms with E-state index in [1.807, 2.05) is 0 Å². The SMILES string of the molecule is CCCC1(CCC)CN2CCC1C(=O)C2. The van der Waals surface area contributed by atoms with Crippen molar-refractivity contribution in [1.29, 1.82) is 0 Å². The van der Waals surface area contributed by atoms with Crippen LogP contribution < -0.4 is 0 Å². The number of Topliss-reactive ketones (excluding diaryl/α,β-unsaturated/α-hetero) is 1. The van der Waals surface area contributed by atoms with E-state index < -0.39 is 0 Å². The molecule has 0 aliphatic carbocycles. The highest BCUT2D eigenvalue weighted by Crippen LogP contribution is 2.46. The molecule has 3 fully saturated rings. The molecule has 3 saturated heterocycles. The van der Waals surface area contributed by atoms with Crippen LogP contribution in [0.25, 0.3) is 0 Å². The average molecular weight is 209 g/mol. The van der Waals surface area contributed by atoms with E-state index in [0.29, 0.717) is 17.1 Å². The number of piperidine rings is 3. The Morgan fingerprint density at radius 2 is 2.00 bits per heavy atom. The lowest BCUT2D eigenvalue weighted by molar-refractivity contribution is -0.143. The third-order valence-electron chi connectivity index (χ3n) is 4.28. The average Bonchev–Trinajstić information content (AvgIpc) is 2.18. The molecule has 2 nitrogen and oxygen atoms in total. The van der Waals surface area contributed by atoms with E-state index >= 15 is 0 Å². The number of hydrogen-bond acceptors (Lipinski definition) is 2. The van der Waals surface area contributed by atoms with Gasteiger partial charge in [0.1, 0.15) is 0 Å². The monoisotopic (exact) mass is 209 g/mol. The van der Waals surface area contributed by atoms with Crippen molar-refractivity contribution in [3.8, 4) is 0 Å². The third kappa shape index (κ3) is 1.84. The lowest BCUT2D eigenvalue weighted by Crippen LogP contribution is -2.59. The predicted octanol–water partition coefficient (Wildman–Crippen LogP) is 2.48. The molecule has 0 amide bonds. The second-order valence-corrected chi connectivity index (χ2v) is 5.38. The molecular formula is C13H23NO. The van der Waals surface area contributed by atoms with Gasteiger partial charge in [0.15, 0.2) is 5.78 Å². The Kier molecular flexibility index (Phi) is 3.15.